The zero-order valence-electron chi connectivity index (χ0n) is 19.0. The summed E-state index contributed by atoms with van der Waals surface area (Å²) >= 11 is 0. The molecule has 0 radical (unpaired) electrons. The molecule has 194 valence electrons. The van der Waals surface area contributed by atoms with Crippen molar-refractivity contribution < 1.29 is 32.1 Å². The van der Waals surface area contributed by atoms with Crippen LogP contribution in [-0.4, -0.2) is 46.7 Å². The average Bonchev–Trinajstić information content (AvgIpc) is 3.15. The van der Waals surface area contributed by atoms with Crippen LogP contribution in [0.25, 0.3) is 0 Å². The zero-order valence-corrected chi connectivity index (χ0v) is 19.0. The van der Waals surface area contributed by atoms with Crippen LogP contribution in [-0.2, 0) is 13.6 Å². The fourth-order valence-corrected chi connectivity index (χ4v) is 3.90. The van der Waals surface area contributed by atoms with Gasteiger partial charge in [-0.3, -0.25) is 13.9 Å². The summed E-state index contributed by atoms with van der Waals surface area (Å²) in [4.78, 5) is 27.5. The van der Waals surface area contributed by atoms with Gasteiger partial charge in [0.05, 0.1) is 13.1 Å². The highest BCUT2D eigenvalue weighted by Crippen LogP contribution is 2.33. The first-order valence-corrected chi connectivity index (χ1v) is 10.9. The molecule has 1 unspecified atom stereocenters. The second kappa shape index (κ2) is 9.97. The van der Waals surface area contributed by atoms with Gasteiger partial charge in [-0.15, -0.1) is 13.2 Å². The molecule has 1 aromatic heterocycles. The third-order valence-corrected chi connectivity index (χ3v) is 5.44. The summed E-state index contributed by atoms with van der Waals surface area (Å²) in [5.74, 6) is -0.845. The second-order valence-corrected chi connectivity index (χ2v) is 8.03. The lowest BCUT2D eigenvalue weighted by Gasteiger charge is -2.27. The summed E-state index contributed by atoms with van der Waals surface area (Å²) in [5.41, 5.74) is -0.803. The maximum atomic E-state index is 13.9. The van der Waals surface area contributed by atoms with Crippen LogP contribution >= 0.6 is 0 Å². The minimum atomic E-state index is -4.90. The van der Waals surface area contributed by atoms with Gasteiger partial charge >= 0.3 is 12.1 Å². The molecule has 0 fully saturated rings. The first-order chi connectivity index (χ1) is 17.1. The molecule has 1 atom stereocenters. The standard InChI is InChI=1S/C22H23F4N5O5/c1-29-18-17(19(33)30(21(29)34)6-3-7-32)31(12-13-8-14(23)11-27-10-13)20(28-18)35-15-4-2-5-16(9-15)36-22(24,25)26/h2,4-5,8-10,20,27-28,32H,3,6-7,11-12H2,1H3. The molecule has 0 saturated carbocycles. The van der Waals surface area contributed by atoms with Crippen LogP contribution in [0.3, 0.4) is 0 Å². The molecule has 0 amide bonds. The Hall–Kier alpha value is -3.94. The molecule has 0 spiro atoms. The number of nitrogens with one attached hydrogen (secondary N) is 2. The van der Waals surface area contributed by atoms with Gasteiger partial charge in [0.1, 0.15) is 28.8 Å². The van der Waals surface area contributed by atoms with Crippen molar-refractivity contribution in [2.24, 2.45) is 7.05 Å². The fraction of sp³-hybridized carbons (Fsp3) is 0.364. The molecule has 36 heavy (non-hydrogen) atoms. The summed E-state index contributed by atoms with van der Waals surface area (Å²) < 4.78 is 63.8. The van der Waals surface area contributed by atoms with Gasteiger partial charge in [-0.2, -0.15) is 0 Å². The van der Waals surface area contributed by atoms with Gasteiger partial charge < -0.3 is 30.1 Å². The fourth-order valence-electron chi connectivity index (χ4n) is 3.90. The van der Waals surface area contributed by atoms with Crippen molar-refractivity contribution in [3.63, 3.8) is 0 Å². The largest absolute Gasteiger partial charge is 0.573 e. The van der Waals surface area contributed by atoms with Crippen molar-refractivity contribution in [2.75, 3.05) is 29.9 Å². The molecule has 0 bridgehead atoms. The van der Waals surface area contributed by atoms with Gasteiger partial charge in [0.15, 0.2) is 0 Å². The summed E-state index contributed by atoms with van der Waals surface area (Å²) in [6.45, 7) is -0.312. The Labute approximate surface area is 201 Å². The van der Waals surface area contributed by atoms with Gasteiger partial charge in [-0.05, 0) is 30.2 Å². The summed E-state index contributed by atoms with van der Waals surface area (Å²) in [6.07, 6.45) is -3.04. The lowest BCUT2D eigenvalue weighted by molar-refractivity contribution is -0.274. The number of ether oxygens (including phenoxy) is 2. The maximum absolute atomic E-state index is 13.9. The number of fused-ring (bicyclic) bond motifs is 1. The number of rotatable bonds is 8. The number of aliphatic hydroxyl groups excluding tert-OH is 1. The van der Waals surface area contributed by atoms with Crippen LogP contribution in [0, 0.1) is 0 Å². The Bertz CT molecular complexity index is 1320. The number of aromatic nitrogens is 2. The van der Waals surface area contributed by atoms with E-state index in [1.54, 1.807) is 6.20 Å². The molecule has 0 aliphatic carbocycles. The molecule has 1 aromatic carbocycles. The Balaban J connectivity index is 1.73. The van der Waals surface area contributed by atoms with Gasteiger partial charge in [0, 0.05) is 32.5 Å². The van der Waals surface area contributed by atoms with Crippen molar-refractivity contribution in [2.45, 2.75) is 25.7 Å². The predicted molar refractivity (Wildman–Crippen MR) is 121 cm³/mol. The molecule has 2 aliphatic rings. The van der Waals surface area contributed by atoms with Crippen LogP contribution in [0.5, 0.6) is 11.5 Å². The third-order valence-electron chi connectivity index (χ3n) is 5.44. The highest BCUT2D eigenvalue weighted by Gasteiger charge is 2.37. The van der Waals surface area contributed by atoms with E-state index in [0.29, 0.717) is 5.57 Å². The van der Waals surface area contributed by atoms with E-state index in [4.69, 9.17) is 9.84 Å². The first-order valence-electron chi connectivity index (χ1n) is 10.9. The molecule has 3 heterocycles. The van der Waals surface area contributed by atoms with E-state index < -0.39 is 35.5 Å². The van der Waals surface area contributed by atoms with E-state index >= 15 is 0 Å². The molecular formula is C22H23F4N5O5. The third kappa shape index (κ3) is 5.32. The molecule has 0 saturated heterocycles. The minimum absolute atomic E-state index is 0.00668. The highest BCUT2D eigenvalue weighted by atomic mass is 19.4. The average molecular weight is 513 g/mol. The van der Waals surface area contributed by atoms with Crippen LogP contribution in [0.15, 0.2) is 57.5 Å². The van der Waals surface area contributed by atoms with Crippen LogP contribution in [0.4, 0.5) is 29.1 Å². The Morgan fingerprint density at radius 2 is 1.97 bits per heavy atom. The SMILES string of the molecule is Cn1c2c(c(=O)n(CCCO)c1=O)N(CC1=CNCC(F)=C1)C(Oc1cccc(OC(F)(F)F)c1)N2. The number of anilines is 2. The van der Waals surface area contributed by atoms with Gasteiger partial charge in [0.2, 0.25) is 0 Å². The zero-order chi connectivity index (χ0) is 26.0. The maximum Gasteiger partial charge on any atom is 0.573 e. The highest BCUT2D eigenvalue weighted by molar-refractivity contribution is 5.72. The first kappa shape index (κ1) is 25.2. The summed E-state index contributed by atoms with van der Waals surface area (Å²) in [6, 6.07) is 4.82. The molecule has 10 nitrogen and oxygen atoms in total. The van der Waals surface area contributed by atoms with Gasteiger partial charge in [-0.1, -0.05) is 6.07 Å². The van der Waals surface area contributed by atoms with E-state index in [0.717, 1.165) is 16.7 Å². The molecule has 4 rings (SSSR count). The van der Waals surface area contributed by atoms with E-state index in [9.17, 15) is 27.2 Å². The molecule has 3 N–H and O–H groups in total. The monoisotopic (exact) mass is 513 g/mol. The summed E-state index contributed by atoms with van der Waals surface area (Å²) in [5, 5.41) is 14.8. The lowest BCUT2D eigenvalue weighted by atomic mass is 10.2. The normalized spacial score (nSPS) is 17.1. The van der Waals surface area contributed by atoms with Crippen molar-refractivity contribution in [1.29, 1.82) is 0 Å². The lowest BCUT2D eigenvalue weighted by Crippen LogP contribution is -2.45. The van der Waals surface area contributed by atoms with E-state index in [-0.39, 0.29) is 49.9 Å². The van der Waals surface area contributed by atoms with Gasteiger partial charge in [0.25, 0.3) is 11.9 Å². The van der Waals surface area contributed by atoms with Crippen LogP contribution in [0.2, 0.25) is 0 Å². The van der Waals surface area contributed by atoms with E-state index in [1.807, 2.05) is 0 Å². The van der Waals surface area contributed by atoms with Crippen LogP contribution < -0.4 is 36.3 Å². The topological polar surface area (TPSA) is 110 Å². The number of alkyl halides is 3. The van der Waals surface area contributed by atoms with Crippen LogP contribution in [0.1, 0.15) is 6.42 Å². The summed E-state index contributed by atoms with van der Waals surface area (Å²) in [7, 11) is 1.43. The second-order valence-electron chi connectivity index (χ2n) is 8.03. The molecule has 14 heteroatoms. The minimum Gasteiger partial charge on any atom is -0.452 e. The van der Waals surface area contributed by atoms with Gasteiger partial charge in [-0.25, -0.2) is 9.18 Å². The number of hydrogen-bond acceptors (Lipinski definition) is 8. The Kier molecular flexibility index (Phi) is 6.97. The van der Waals surface area contributed by atoms with Crippen molar-refractivity contribution in [1.82, 2.24) is 14.5 Å². The predicted octanol–water partition coefficient (Wildman–Crippen LogP) is 1.76. The van der Waals surface area contributed by atoms with E-state index in [2.05, 4.69) is 15.4 Å². The number of hydrogen-bond donors (Lipinski definition) is 3. The molecule has 2 aliphatic heterocycles. The Morgan fingerprint density at radius 3 is 2.67 bits per heavy atom. The smallest absolute Gasteiger partial charge is 0.452 e. The van der Waals surface area contributed by atoms with Crippen molar-refractivity contribution in [3.05, 3.63) is 68.8 Å². The number of halogens is 4. The quantitative estimate of drug-likeness (QED) is 0.459. The number of aliphatic hydroxyl groups is 1. The number of nitrogens with zero attached hydrogens (tertiary/aromatic N) is 3. The molecule has 2 aromatic rings. The number of benzene rings is 1. The Morgan fingerprint density at radius 1 is 1.22 bits per heavy atom. The van der Waals surface area contributed by atoms with Crippen molar-refractivity contribution >= 4 is 11.5 Å². The molecular weight excluding hydrogens is 490 g/mol. The van der Waals surface area contributed by atoms with Crippen molar-refractivity contribution in [3.8, 4) is 11.5 Å². The number of dihydropyridines is 1. The van der Waals surface area contributed by atoms with E-state index in [1.165, 1.54) is 34.7 Å².